The zero-order valence-electron chi connectivity index (χ0n) is 19.5. The van der Waals surface area contributed by atoms with Gasteiger partial charge in [-0.25, -0.2) is 14.8 Å². The number of thioether (sulfide) groups is 1. The van der Waals surface area contributed by atoms with Crippen LogP contribution in [0, 0.1) is 0 Å². The lowest BCUT2D eigenvalue weighted by Gasteiger charge is -2.19. The van der Waals surface area contributed by atoms with E-state index in [2.05, 4.69) is 41.4 Å². The van der Waals surface area contributed by atoms with Crippen LogP contribution in [0.25, 0.3) is 0 Å². The maximum absolute atomic E-state index is 12.6. The van der Waals surface area contributed by atoms with Gasteiger partial charge in [0.25, 0.3) is 5.91 Å². The fourth-order valence-electron chi connectivity index (χ4n) is 2.57. The first-order valence-corrected chi connectivity index (χ1v) is 12.1. The minimum absolute atomic E-state index is 0.0857. The number of carbonyl (C=O) groups is 2. The molecule has 0 spiro atoms. The molecule has 176 valence electrons. The molecule has 33 heavy (non-hydrogen) atoms. The first-order chi connectivity index (χ1) is 15.4. The van der Waals surface area contributed by atoms with E-state index in [1.54, 1.807) is 69.2 Å². The molecular weight excluding hydrogens is 460 g/mol. The fourth-order valence-corrected chi connectivity index (χ4v) is 4.29. The highest BCUT2D eigenvalue weighted by Crippen LogP contribution is 2.32. The molecule has 0 unspecified atom stereocenters. The number of anilines is 2. The van der Waals surface area contributed by atoms with E-state index in [0.717, 1.165) is 9.97 Å². The van der Waals surface area contributed by atoms with E-state index >= 15 is 0 Å². The van der Waals surface area contributed by atoms with E-state index in [0.29, 0.717) is 28.0 Å². The number of ether oxygens (including phenoxy) is 1. The van der Waals surface area contributed by atoms with Gasteiger partial charge in [-0.15, -0.1) is 11.8 Å². The number of nitrogens with zero attached hydrogens (tertiary/aromatic N) is 2. The molecule has 3 rings (SSSR count). The molecule has 3 aromatic rings. The maximum Gasteiger partial charge on any atom is 0.412 e. The summed E-state index contributed by atoms with van der Waals surface area (Å²) in [4.78, 5) is 33.2. The van der Waals surface area contributed by atoms with Crippen molar-refractivity contribution in [1.82, 2.24) is 9.97 Å². The standard InChI is InChI=1S/C23H28N4O4S2/c1-22(2,3)16-11-24-17(30-16)13-32-18-12-25-20(33-18)27-19(28)14-8-7-9-15(10-14)26-21(29)31-23(4,5)6/h7-12H,13H2,1-6H3,(H,26,29)(H,25,27,28). The van der Waals surface area contributed by atoms with Crippen molar-refractivity contribution in [3.63, 3.8) is 0 Å². The smallest absolute Gasteiger partial charge is 0.412 e. The van der Waals surface area contributed by atoms with Crippen LogP contribution in [0.2, 0.25) is 0 Å². The lowest BCUT2D eigenvalue weighted by atomic mass is 9.94. The third-order valence-corrected chi connectivity index (χ3v) is 6.20. The number of thiazole rings is 1. The van der Waals surface area contributed by atoms with Crippen LogP contribution in [0.5, 0.6) is 0 Å². The minimum Gasteiger partial charge on any atom is -0.444 e. The number of aromatic nitrogens is 2. The number of oxazole rings is 1. The van der Waals surface area contributed by atoms with Gasteiger partial charge in [0.2, 0.25) is 5.89 Å². The third-order valence-electron chi connectivity index (χ3n) is 4.11. The lowest BCUT2D eigenvalue weighted by Crippen LogP contribution is -2.27. The van der Waals surface area contributed by atoms with Crippen molar-refractivity contribution in [3.05, 3.63) is 53.9 Å². The maximum atomic E-state index is 12.6. The molecule has 0 aliphatic rings. The summed E-state index contributed by atoms with van der Waals surface area (Å²) in [6, 6.07) is 6.62. The van der Waals surface area contributed by atoms with E-state index < -0.39 is 11.7 Å². The zero-order valence-corrected chi connectivity index (χ0v) is 21.1. The van der Waals surface area contributed by atoms with E-state index in [1.807, 2.05) is 0 Å². The number of carbonyl (C=O) groups excluding carboxylic acids is 2. The van der Waals surface area contributed by atoms with Crippen LogP contribution in [-0.4, -0.2) is 27.6 Å². The Balaban J connectivity index is 1.56. The van der Waals surface area contributed by atoms with Crippen molar-refractivity contribution in [1.29, 1.82) is 0 Å². The summed E-state index contributed by atoms with van der Waals surface area (Å²) >= 11 is 2.91. The van der Waals surface area contributed by atoms with Gasteiger partial charge in [0.15, 0.2) is 5.13 Å². The van der Waals surface area contributed by atoms with E-state index in [1.165, 1.54) is 11.3 Å². The summed E-state index contributed by atoms with van der Waals surface area (Å²) in [6.45, 7) is 11.6. The Labute approximate surface area is 201 Å². The van der Waals surface area contributed by atoms with Crippen LogP contribution in [-0.2, 0) is 15.9 Å². The zero-order chi connectivity index (χ0) is 24.2. The van der Waals surface area contributed by atoms with Gasteiger partial charge in [0.1, 0.15) is 11.4 Å². The van der Waals surface area contributed by atoms with Crippen molar-refractivity contribution in [2.24, 2.45) is 0 Å². The van der Waals surface area contributed by atoms with Crippen LogP contribution in [0.3, 0.4) is 0 Å². The molecular formula is C23H28N4O4S2. The molecule has 2 heterocycles. The topological polar surface area (TPSA) is 106 Å². The number of nitrogens with one attached hydrogen (secondary N) is 2. The van der Waals surface area contributed by atoms with E-state index in [-0.39, 0.29) is 11.3 Å². The van der Waals surface area contributed by atoms with Gasteiger partial charge in [0.05, 0.1) is 22.4 Å². The van der Waals surface area contributed by atoms with Crippen LogP contribution >= 0.6 is 23.1 Å². The SMILES string of the molecule is CC(C)(C)OC(=O)Nc1cccc(C(=O)Nc2ncc(SCc3ncc(C(C)(C)C)o3)s2)c1. The Kier molecular flexibility index (Phi) is 7.48. The van der Waals surface area contributed by atoms with E-state index in [9.17, 15) is 9.59 Å². The first-order valence-electron chi connectivity index (χ1n) is 10.3. The molecule has 0 fully saturated rings. The molecule has 0 atom stereocenters. The average molecular weight is 489 g/mol. The van der Waals surface area contributed by atoms with Crippen LogP contribution in [0.15, 0.2) is 45.3 Å². The van der Waals surface area contributed by atoms with Gasteiger partial charge in [0, 0.05) is 16.7 Å². The highest BCUT2D eigenvalue weighted by atomic mass is 32.2. The molecule has 8 nitrogen and oxygen atoms in total. The number of hydrogen-bond donors (Lipinski definition) is 2. The molecule has 0 aliphatic carbocycles. The van der Waals surface area contributed by atoms with Crippen molar-refractivity contribution < 1.29 is 18.7 Å². The monoisotopic (exact) mass is 488 g/mol. The third kappa shape index (κ3) is 7.61. The Morgan fingerprint density at radius 3 is 2.52 bits per heavy atom. The quantitative estimate of drug-likeness (QED) is 0.391. The largest absolute Gasteiger partial charge is 0.444 e. The second-order valence-corrected chi connectivity index (χ2v) is 11.6. The summed E-state index contributed by atoms with van der Waals surface area (Å²) in [6.07, 6.45) is 2.89. The number of benzene rings is 1. The molecule has 1 aromatic carbocycles. The van der Waals surface area contributed by atoms with Gasteiger partial charge in [-0.1, -0.05) is 38.2 Å². The van der Waals surface area contributed by atoms with Gasteiger partial charge < -0.3 is 9.15 Å². The second kappa shape index (κ2) is 9.96. The molecule has 2 aromatic heterocycles. The predicted octanol–water partition coefficient (Wildman–Crippen LogP) is 6.32. The molecule has 0 bridgehead atoms. The van der Waals surface area contributed by atoms with Crippen molar-refractivity contribution >= 4 is 45.9 Å². The van der Waals surface area contributed by atoms with Gasteiger partial charge in [-0.3, -0.25) is 15.4 Å². The van der Waals surface area contributed by atoms with Gasteiger partial charge in [-0.2, -0.15) is 0 Å². The normalized spacial score (nSPS) is 11.8. The average Bonchev–Trinajstić information content (AvgIpc) is 3.34. The van der Waals surface area contributed by atoms with Gasteiger partial charge in [-0.05, 0) is 39.0 Å². The first kappa shape index (κ1) is 24.8. The highest BCUT2D eigenvalue weighted by Gasteiger charge is 2.20. The van der Waals surface area contributed by atoms with Crippen LogP contribution in [0.1, 0.15) is 63.6 Å². The van der Waals surface area contributed by atoms with Crippen molar-refractivity contribution in [2.75, 3.05) is 10.6 Å². The molecule has 10 heteroatoms. The number of hydrogen-bond acceptors (Lipinski definition) is 8. The fraction of sp³-hybridized carbons (Fsp3) is 0.391. The summed E-state index contributed by atoms with van der Waals surface area (Å²) in [5.74, 6) is 1.75. The van der Waals surface area contributed by atoms with Crippen LogP contribution in [0.4, 0.5) is 15.6 Å². The molecule has 2 N–H and O–H groups in total. The highest BCUT2D eigenvalue weighted by molar-refractivity contribution is 8.00. The van der Waals surface area contributed by atoms with E-state index in [4.69, 9.17) is 9.15 Å². The molecule has 0 saturated heterocycles. The summed E-state index contributed by atoms with van der Waals surface area (Å²) in [7, 11) is 0. The Morgan fingerprint density at radius 2 is 1.85 bits per heavy atom. The second-order valence-electron chi connectivity index (χ2n) is 9.30. The molecule has 0 saturated carbocycles. The molecule has 0 aliphatic heterocycles. The Hall–Kier alpha value is -2.85. The summed E-state index contributed by atoms with van der Waals surface area (Å²) in [5.41, 5.74) is 0.161. The van der Waals surface area contributed by atoms with Crippen LogP contribution < -0.4 is 10.6 Å². The lowest BCUT2D eigenvalue weighted by molar-refractivity contribution is 0.0635. The Bertz CT molecular complexity index is 1130. The Morgan fingerprint density at radius 1 is 1.09 bits per heavy atom. The number of amides is 2. The molecule has 2 amide bonds. The van der Waals surface area contributed by atoms with Gasteiger partial charge >= 0.3 is 6.09 Å². The molecule has 0 radical (unpaired) electrons. The van der Waals surface area contributed by atoms with Crippen molar-refractivity contribution in [3.8, 4) is 0 Å². The predicted molar refractivity (Wildman–Crippen MR) is 131 cm³/mol. The summed E-state index contributed by atoms with van der Waals surface area (Å²) < 4.78 is 12.0. The van der Waals surface area contributed by atoms with Crippen molar-refractivity contribution in [2.45, 2.75) is 62.5 Å². The summed E-state index contributed by atoms with van der Waals surface area (Å²) in [5, 5.41) is 5.91. The minimum atomic E-state index is -0.610. The number of rotatable bonds is 6.